The average molecular weight is 249 g/mol. The van der Waals surface area contributed by atoms with E-state index >= 15 is 0 Å². The van der Waals surface area contributed by atoms with Crippen LogP contribution in [0, 0.1) is 5.92 Å². The molecule has 0 spiro atoms. The van der Waals surface area contributed by atoms with Gasteiger partial charge in [-0.2, -0.15) is 0 Å². The van der Waals surface area contributed by atoms with Crippen LogP contribution in [0.1, 0.15) is 18.9 Å². The van der Waals surface area contributed by atoms with E-state index in [1.54, 1.807) is 6.92 Å². The fraction of sp³-hybridized carbons (Fsp3) is 0.500. The summed E-state index contributed by atoms with van der Waals surface area (Å²) in [5.41, 5.74) is 1.11. The number of aliphatic hydroxyl groups is 1. The van der Waals surface area contributed by atoms with Crippen LogP contribution in [0.3, 0.4) is 0 Å². The van der Waals surface area contributed by atoms with Crippen molar-refractivity contribution in [2.24, 2.45) is 5.92 Å². The highest BCUT2D eigenvalue weighted by Crippen LogP contribution is 2.28. The Morgan fingerprint density at radius 2 is 2.11 bits per heavy atom. The van der Waals surface area contributed by atoms with E-state index in [0.29, 0.717) is 6.54 Å². The molecule has 1 aromatic rings. The second kappa shape index (κ2) is 5.50. The quantitative estimate of drug-likeness (QED) is 0.845. The molecule has 0 saturated carbocycles. The van der Waals surface area contributed by atoms with Crippen LogP contribution >= 0.6 is 0 Å². The van der Waals surface area contributed by atoms with Crippen molar-refractivity contribution in [3.8, 4) is 0 Å². The maximum absolute atomic E-state index is 11.4. The highest BCUT2D eigenvalue weighted by atomic mass is 16.4. The summed E-state index contributed by atoms with van der Waals surface area (Å²) in [5.74, 6) is -1.01. The molecule has 4 nitrogen and oxygen atoms in total. The van der Waals surface area contributed by atoms with Gasteiger partial charge in [0.2, 0.25) is 0 Å². The summed E-state index contributed by atoms with van der Waals surface area (Å²) in [6.45, 7) is 3.02. The Hall–Kier alpha value is -1.39. The van der Waals surface area contributed by atoms with Gasteiger partial charge >= 0.3 is 5.97 Å². The standard InChI is InChI=1S/C14H19NO3/c1-10(16)12-7-8-15(13(12)14(17)18)9-11-5-3-2-4-6-11/h2-6,10,12-13,16H,7-9H2,1H3,(H,17,18). The van der Waals surface area contributed by atoms with Gasteiger partial charge in [-0.15, -0.1) is 0 Å². The molecule has 3 atom stereocenters. The highest BCUT2D eigenvalue weighted by molar-refractivity contribution is 5.74. The molecule has 4 heteroatoms. The molecule has 0 aromatic heterocycles. The van der Waals surface area contributed by atoms with E-state index in [1.807, 2.05) is 35.2 Å². The predicted molar refractivity (Wildman–Crippen MR) is 68.1 cm³/mol. The van der Waals surface area contributed by atoms with Crippen LogP contribution in [0.2, 0.25) is 0 Å². The normalized spacial score (nSPS) is 26.1. The first-order valence-corrected chi connectivity index (χ1v) is 6.28. The molecule has 0 aliphatic carbocycles. The van der Waals surface area contributed by atoms with Crippen LogP contribution < -0.4 is 0 Å². The Morgan fingerprint density at radius 1 is 1.44 bits per heavy atom. The molecule has 0 radical (unpaired) electrons. The zero-order valence-electron chi connectivity index (χ0n) is 10.5. The van der Waals surface area contributed by atoms with Crippen molar-refractivity contribution in [1.82, 2.24) is 4.90 Å². The lowest BCUT2D eigenvalue weighted by atomic mass is 9.95. The fourth-order valence-corrected chi connectivity index (χ4v) is 2.72. The summed E-state index contributed by atoms with van der Waals surface area (Å²) in [5, 5.41) is 19.0. The summed E-state index contributed by atoms with van der Waals surface area (Å²) in [6.07, 6.45) is 0.161. The van der Waals surface area contributed by atoms with Gasteiger partial charge in [0.25, 0.3) is 0 Å². The number of hydrogen-bond acceptors (Lipinski definition) is 3. The Bertz CT molecular complexity index is 405. The summed E-state index contributed by atoms with van der Waals surface area (Å²) >= 11 is 0. The fourth-order valence-electron chi connectivity index (χ4n) is 2.72. The first-order valence-electron chi connectivity index (χ1n) is 6.28. The van der Waals surface area contributed by atoms with E-state index < -0.39 is 18.1 Å². The number of carbonyl (C=O) groups is 1. The van der Waals surface area contributed by atoms with Gasteiger partial charge in [0.05, 0.1) is 6.10 Å². The summed E-state index contributed by atoms with van der Waals surface area (Å²) in [6, 6.07) is 9.26. The zero-order chi connectivity index (χ0) is 13.1. The Morgan fingerprint density at radius 3 is 2.67 bits per heavy atom. The third kappa shape index (κ3) is 2.71. The maximum Gasteiger partial charge on any atom is 0.321 e. The van der Waals surface area contributed by atoms with E-state index in [4.69, 9.17) is 0 Å². The van der Waals surface area contributed by atoms with Crippen molar-refractivity contribution in [3.63, 3.8) is 0 Å². The summed E-state index contributed by atoms with van der Waals surface area (Å²) in [4.78, 5) is 13.3. The lowest BCUT2D eigenvalue weighted by molar-refractivity contribution is -0.145. The van der Waals surface area contributed by atoms with Crippen LogP contribution in [-0.4, -0.2) is 39.8 Å². The van der Waals surface area contributed by atoms with Crippen molar-refractivity contribution >= 4 is 5.97 Å². The van der Waals surface area contributed by atoms with Gasteiger partial charge < -0.3 is 10.2 Å². The van der Waals surface area contributed by atoms with Crippen molar-refractivity contribution in [2.75, 3.05) is 6.54 Å². The first-order chi connectivity index (χ1) is 8.59. The number of carboxylic acid groups (broad SMARTS) is 1. The molecule has 1 aliphatic rings. The number of aliphatic hydroxyl groups excluding tert-OH is 1. The number of aliphatic carboxylic acids is 1. The highest BCUT2D eigenvalue weighted by Gasteiger charge is 2.41. The second-order valence-corrected chi connectivity index (χ2v) is 4.93. The molecule has 1 saturated heterocycles. The molecule has 0 bridgehead atoms. The van der Waals surface area contributed by atoms with Gasteiger partial charge in [-0.25, -0.2) is 0 Å². The molecule has 3 unspecified atom stereocenters. The van der Waals surface area contributed by atoms with Crippen LogP contribution in [0.4, 0.5) is 0 Å². The third-order valence-corrected chi connectivity index (χ3v) is 3.65. The minimum Gasteiger partial charge on any atom is -0.480 e. The van der Waals surface area contributed by atoms with Gasteiger partial charge in [-0.1, -0.05) is 30.3 Å². The second-order valence-electron chi connectivity index (χ2n) is 4.93. The van der Waals surface area contributed by atoms with E-state index in [-0.39, 0.29) is 5.92 Å². The van der Waals surface area contributed by atoms with Crippen LogP contribution in [-0.2, 0) is 11.3 Å². The van der Waals surface area contributed by atoms with Gasteiger partial charge in [0.1, 0.15) is 6.04 Å². The molecule has 0 amide bonds. The summed E-state index contributed by atoms with van der Waals surface area (Å²) < 4.78 is 0. The van der Waals surface area contributed by atoms with E-state index in [2.05, 4.69) is 0 Å². The molecule has 2 N–H and O–H groups in total. The molecule has 18 heavy (non-hydrogen) atoms. The number of nitrogens with zero attached hydrogens (tertiary/aromatic N) is 1. The van der Waals surface area contributed by atoms with Crippen molar-refractivity contribution in [1.29, 1.82) is 0 Å². The maximum atomic E-state index is 11.4. The molecule has 1 aromatic carbocycles. The van der Waals surface area contributed by atoms with Gasteiger partial charge in [-0.05, 0) is 25.5 Å². The lowest BCUT2D eigenvalue weighted by Gasteiger charge is -2.25. The number of benzene rings is 1. The van der Waals surface area contributed by atoms with Crippen molar-refractivity contribution in [3.05, 3.63) is 35.9 Å². The van der Waals surface area contributed by atoms with Crippen molar-refractivity contribution < 1.29 is 15.0 Å². The number of hydrogen-bond donors (Lipinski definition) is 2. The van der Waals surface area contributed by atoms with Crippen LogP contribution in [0.15, 0.2) is 30.3 Å². The van der Waals surface area contributed by atoms with Crippen LogP contribution in [0.5, 0.6) is 0 Å². The monoisotopic (exact) mass is 249 g/mol. The Balaban J connectivity index is 2.11. The van der Waals surface area contributed by atoms with Crippen LogP contribution in [0.25, 0.3) is 0 Å². The number of carboxylic acids is 1. The zero-order valence-corrected chi connectivity index (χ0v) is 10.5. The van der Waals surface area contributed by atoms with Crippen molar-refractivity contribution in [2.45, 2.75) is 32.0 Å². The lowest BCUT2D eigenvalue weighted by Crippen LogP contribution is -2.42. The Kier molecular flexibility index (Phi) is 3.99. The van der Waals surface area contributed by atoms with Gasteiger partial charge in [0, 0.05) is 12.5 Å². The largest absolute Gasteiger partial charge is 0.480 e. The first kappa shape index (κ1) is 13.1. The Labute approximate surface area is 107 Å². The minimum absolute atomic E-state index is 0.175. The van der Waals surface area contributed by atoms with Gasteiger partial charge in [0.15, 0.2) is 0 Å². The van der Waals surface area contributed by atoms with E-state index in [9.17, 15) is 15.0 Å². The number of rotatable bonds is 4. The minimum atomic E-state index is -0.839. The summed E-state index contributed by atoms with van der Waals surface area (Å²) in [7, 11) is 0. The molecular weight excluding hydrogens is 230 g/mol. The molecular formula is C14H19NO3. The smallest absolute Gasteiger partial charge is 0.321 e. The van der Waals surface area contributed by atoms with E-state index in [0.717, 1.165) is 18.5 Å². The molecule has 1 fully saturated rings. The average Bonchev–Trinajstić information content (AvgIpc) is 2.74. The SMILES string of the molecule is CC(O)C1CCN(Cc2ccccc2)C1C(=O)O. The number of likely N-dealkylation sites (tertiary alicyclic amines) is 1. The topological polar surface area (TPSA) is 60.8 Å². The van der Waals surface area contributed by atoms with Gasteiger partial charge in [-0.3, -0.25) is 9.69 Å². The van der Waals surface area contributed by atoms with E-state index in [1.165, 1.54) is 0 Å². The third-order valence-electron chi connectivity index (χ3n) is 3.65. The molecule has 2 rings (SSSR count). The molecule has 98 valence electrons. The predicted octanol–water partition coefficient (Wildman–Crippen LogP) is 1.34. The molecule has 1 aliphatic heterocycles. The molecule has 1 heterocycles.